The topological polar surface area (TPSA) is 75.1 Å². The molecule has 0 aliphatic heterocycles. The van der Waals surface area contributed by atoms with E-state index < -0.39 is 5.41 Å². The van der Waals surface area contributed by atoms with E-state index in [0.717, 1.165) is 0 Å². The van der Waals surface area contributed by atoms with Crippen LogP contribution >= 0.6 is 0 Å². The molecule has 16 heavy (non-hydrogen) atoms. The molecule has 90 valence electrons. The molecule has 0 rings (SSSR count). The van der Waals surface area contributed by atoms with Crippen LogP contribution in [0.3, 0.4) is 0 Å². The van der Waals surface area contributed by atoms with Gasteiger partial charge in [-0.1, -0.05) is 39.8 Å². The summed E-state index contributed by atoms with van der Waals surface area (Å²) in [7, 11) is 1.39. The first-order chi connectivity index (χ1) is 7.25. The number of hydrogen-bond acceptors (Lipinski definition) is 3. The van der Waals surface area contributed by atoms with E-state index in [9.17, 15) is 4.79 Å². The largest absolute Gasteiger partial charge is 0.399 e. The average Bonchev–Trinajstić information content (AvgIpc) is 2.15. The summed E-state index contributed by atoms with van der Waals surface area (Å²) in [6.07, 6.45) is 0. The number of carbonyl (C=O) groups excluding carboxylic acids is 1. The van der Waals surface area contributed by atoms with Crippen LogP contribution in [0.15, 0.2) is 5.16 Å². The zero-order chi connectivity index (χ0) is 12.9. The Bertz CT molecular complexity index is 345. The quantitative estimate of drug-likeness (QED) is 0.317. The molecule has 5 heteroatoms. The Morgan fingerprint density at radius 2 is 1.88 bits per heavy atom. The van der Waals surface area contributed by atoms with Crippen molar-refractivity contribution in [2.24, 2.45) is 16.5 Å². The minimum atomic E-state index is -0.428. The molecule has 0 aromatic rings. The molecule has 0 aliphatic carbocycles. The lowest BCUT2D eigenvalue weighted by Crippen LogP contribution is -2.37. The summed E-state index contributed by atoms with van der Waals surface area (Å²) >= 11 is 0. The Morgan fingerprint density at radius 3 is 2.12 bits per heavy atom. The molecule has 0 aromatic carbocycles. The number of carbonyl (C=O) groups is 1. The van der Waals surface area contributed by atoms with Crippen LogP contribution in [0.2, 0.25) is 0 Å². The maximum Gasteiger partial charge on any atom is 0.383 e. The fourth-order valence-electron chi connectivity index (χ4n) is 1.11. The Hall–Kier alpha value is -1.48. The van der Waals surface area contributed by atoms with Gasteiger partial charge in [0, 0.05) is 11.3 Å². The predicted octanol–water partition coefficient (Wildman–Crippen LogP) is 1.93. The van der Waals surface area contributed by atoms with E-state index in [1.54, 1.807) is 13.8 Å². The van der Waals surface area contributed by atoms with Gasteiger partial charge < -0.3 is 10.4 Å². The number of Topliss-reactive ketones (excluding diaryl/α,β-unsaturated/α-hetero) is 1. The van der Waals surface area contributed by atoms with E-state index in [2.05, 4.69) is 14.8 Å². The third-order valence-electron chi connectivity index (χ3n) is 1.98. The number of ketones is 1. The van der Waals surface area contributed by atoms with Gasteiger partial charge in [0.05, 0.1) is 0 Å². The summed E-state index contributed by atoms with van der Waals surface area (Å²) in [4.78, 5) is 19.5. The van der Waals surface area contributed by atoms with Crippen LogP contribution in [0.5, 0.6) is 0 Å². The summed E-state index contributed by atoms with van der Waals surface area (Å²) in [6.45, 7) is 9.07. The fraction of sp³-hybridized carbons (Fsp3) is 0.727. The first-order valence-corrected chi connectivity index (χ1v) is 5.14. The van der Waals surface area contributed by atoms with E-state index in [4.69, 9.17) is 5.53 Å². The standard InChI is InChI=1S/C11H19N3O2/c1-7(2)9(15)8(13-12)10(14-16-6)11(3,4)5/h7H,1-6H3/b14-10+. The molecule has 0 saturated carbocycles. The van der Waals surface area contributed by atoms with Gasteiger partial charge in [0.15, 0.2) is 5.71 Å². The predicted molar refractivity (Wildman–Crippen MR) is 62.4 cm³/mol. The molecule has 0 amide bonds. The highest BCUT2D eigenvalue weighted by Crippen LogP contribution is 2.18. The van der Waals surface area contributed by atoms with Gasteiger partial charge in [-0.15, -0.1) is 0 Å². The molecular weight excluding hydrogens is 206 g/mol. The molecule has 0 unspecified atom stereocenters. The summed E-state index contributed by atoms with van der Waals surface area (Å²) in [6, 6.07) is 0. The fourth-order valence-corrected chi connectivity index (χ4v) is 1.11. The third-order valence-corrected chi connectivity index (χ3v) is 1.98. The van der Waals surface area contributed by atoms with Gasteiger partial charge in [-0.25, -0.2) is 0 Å². The van der Waals surface area contributed by atoms with Crippen LogP contribution in [0.25, 0.3) is 5.53 Å². The van der Waals surface area contributed by atoms with Crippen molar-refractivity contribution in [2.45, 2.75) is 34.6 Å². The second-order valence-electron chi connectivity index (χ2n) is 4.84. The van der Waals surface area contributed by atoms with Crippen molar-refractivity contribution in [3.05, 3.63) is 5.53 Å². The molecule has 0 bridgehead atoms. The second-order valence-corrected chi connectivity index (χ2v) is 4.84. The van der Waals surface area contributed by atoms with Crippen LogP contribution in [0, 0.1) is 11.3 Å². The van der Waals surface area contributed by atoms with Crippen molar-refractivity contribution in [1.82, 2.24) is 0 Å². The summed E-state index contributed by atoms with van der Waals surface area (Å²) < 4.78 is 0. The molecule has 5 nitrogen and oxygen atoms in total. The van der Waals surface area contributed by atoms with Crippen molar-refractivity contribution in [3.63, 3.8) is 0 Å². The minimum Gasteiger partial charge on any atom is -0.399 e. The molecule has 0 fully saturated rings. The molecule has 0 radical (unpaired) electrons. The molecule has 0 atom stereocenters. The van der Waals surface area contributed by atoms with Crippen molar-refractivity contribution in [3.8, 4) is 0 Å². The number of hydrogen-bond donors (Lipinski definition) is 0. The first kappa shape index (κ1) is 14.5. The van der Waals surface area contributed by atoms with Gasteiger partial charge >= 0.3 is 5.71 Å². The van der Waals surface area contributed by atoms with Crippen molar-refractivity contribution >= 4 is 17.2 Å². The number of oxime groups is 1. The monoisotopic (exact) mass is 225 g/mol. The van der Waals surface area contributed by atoms with E-state index >= 15 is 0 Å². The molecule has 0 spiro atoms. The van der Waals surface area contributed by atoms with Gasteiger partial charge in [-0.2, -0.15) is 4.79 Å². The highest BCUT2D eigenvalue weighted by Gasteiger charge is 2.37. The van der Waals surface area contributed by atoms with Gasteiger partial charge in [0.1, 0.15) is 7.11 Å². The number of rotatable bonds is 4. The lowest BCUT2D eigenvalue weighted by Gasteiger charge is -2.17. The van der Waals surface area contributed by atoms with Gasteiger partial charge in [-0.05, 0) is 0 Å². The van der Waals surface area contributed by atoms with Crippen LogP contribution in [-0.2, 0) is 9.63 Å². The van der Waals surface area contributed by atoms with Crippen molar-refractivity contribution in [1.29, 1.82) is 0 Å². The highest BCUT2D eigenvalue weighted by atomic mass is 16.6. The summed E-state index contributed by atoms with van der Waals surface area (Å²) in [5.41, 5.74) is 8.81. The van der Waals surface area contributed by atoms with E-state index in [1.165, 1.54) is 7.11 Å². The van der Waals surface area contributed by atoms with E-state index in [-0.39, 0.29) is 17.4 Å². The smallest absolute Gasteiger partial charge is 0.383 e. The van der Waals surface area contributed by atoms with Crippen LogP contribution in [0.1, 0.15) is 34.6 Å². The molecule has 0 aromatic heterocycles. The van der Waals surface area contributed by atoms with Crippen molar-refractivity contribution < 1.29 is 14.4 Å². The summed E-state index contributed by atoms with van der Waals surface area (Å²) in [5, 5.41) is 3.78. The third kappa shape index (κ3) is 3.59. The van der Waals surface area contributed by atoms with E-state index in [0.29, 0.717) is 5.71 Å². The molecule has 0 aliphatic rings. The maximum absolute atomic E-state index is 11.8. The van der Waals surface area contributed by atoms with Crippen LogP contribution in [0.4, 0.5) is 0 Å². The first-order valence-electron chi connectivity index (χ1n) is 5.14. The highest BCUT2D eigenvalue weighted by molar-refractivity contribution is 6.66. The molecule has 0 N–H and O–H groups in total. The molecular formula is C11H19N3O2. The van der Waals surface area contributed by atoms with Crippen LogP contribution < -0.4 is 0 Å². The van der Waals surface area contributed by atoms with Gasteiger partial charge in [-0.3, -0.25) is 4.79 Å². The van der Waals surface area contributed by atoms with Gasteiger partial charge in [0.25, 0.3) is 0 Å². The van der Waals surface area contributed by atoms with Crippen LogP contribution in [-0.4, -0.2) is 29.1 Å². The second kappa shape index (κ2) is 5.56. The Labute approximate surface area is 96.1 Å². The van der Waals surface area contributed by atoms with Crippen molar-refractivity contribution in [2.75, 3.05) is 7.11 Å². The Morgan fingerprint density at radius 1 is 1.38 bits per heavy atom. The zero-order valence-corrected chi connectivity index (χ0v) is 10.7. The minimum absolute atomic E-state index is 0.0376. The molecule has 0 saturated heterocycles. The average molecular weight is 225 g/mol. The SMILES string of the molecule is CO/N=C(\C(=[N+]=[N-])C(=O)C(C)C)C(C)(C)C. The number of nitrogens with zero attached hydrogens (tertiary/aromatic N) is 3. The zero-order valence-electron chi connectivity index (χ0n) is 10.7. The molecule has 0 heterocycles. The normalized spacial score (nSPS) is 12.3. The lowest BCUT2D eigenvalue weighted by atomic mass is 9.84. The maximum atomic E-state index is 11.8. The van der Waals surface area contributed by atoms with E-state index in [1.807, 2.05) is 20.8 Å². The van der Waals surface area contributed by atoms with Gasteiger partial charge in [0.2, 0.25) is 5.78 Å². The Balaban J connectivity index is 5.47. The summed E-state index contributed by atoms with van der Waals surface area (Å²) in [5.74, 6) is -0.511. The lowest BCUT2D eigenvalue weighted by molar-refractivity contribution is -0.119. The Kier molecular flexibility index (Phi) is 5.05.